The van der Waals surface area contributed by atoms with Crippen LogP contribution < -0.4 is 0 Å². The first-order chi connectivity index (χ1) is 8.43. The summed E-state index contributed by atoms with van der Waals surface area (Å²) in [5, 5.41) is 0. The van der Waals surface area contributed by atoms with Crippen LogP contribution in [0.2, 0.25) is 0 Å². The van der Waals surface area contributed by atoms with Crippen molar-refractivity contribution in [3.63, 3.8) is 0 Å². The molecule has 19 heavy (non-hydrogen) atoms. The van der Waals surface area contributed by atoms with Crippen LogP contribution in [-0.2, 0) is 20.8 Å². The predicted octanol–water partition coefficient (Wildman–Crippen LogP) is 2.57. The van der Waals surface area contributed by atoms with E-state index in [2.05, 4.69) is 0 Å². The third-order valence-electron chi connectivity index (χ3n) is 3.73. The minimum absolute atomic E-state index is 0.0986. The standard InChI is InChI=1S/C8H20F2NO4PS3/c1-5-16(6-2,7-3,8-17-4)11(18(9,12)13)19(10,14)15/h5-8H2,1-4H3. The van der Waals surface area contributed by atoms with Crippen molar-refractivity contribution in [3.8, 4) is 0 Å². The first-order valence-electron chi connectivity index (χ1n) is 5.62. The number of nitrogens with zero attached hydrogens (tertiary/aromatic N) is 1. The van der Waals surface area contributed by atoms with Crippen LogP contribution in [0, 0.1) is 0 Å². The Kier molecular flexibility index (Phi) is 6.25. The Hall–Kier alpha value is 0.500. The van der Waals surface area contributed by atoms with Crippen LogP contribution in [0.3, 0.4) is 0 Å². The second-order valence-electron chi connectivity index (χ2n) is 4.34. The van der Waals surface area contributed by atoms with Crippen molar-refractivity contribution >= 4 is 39.3 Å². The number of hydrogen-bond donors (Lipinski definition) is 0. The van der Waals surface area contributed by atoms with Crippen molar-refractivity contribution in [1.82, 2.24) is 3.48 Å². The Morgan fingerprint density at radius 2 is 1.26 bits per heavy atom. The average Bonchev–Trinajstić information content (AvgIpc) is 2.25. The van der Waals surface area contributed by atoms with E-state index in [0.29, 0.717) is 0 Å². The Bertz CT molecular complexity index is 475. The van der Waals surface area contributed by atoms with E-state index in [9.17, 15) is 24.6 Å². The van der Waals surface area contributed by atoms with Crippen LogP contribution in [-0.4, -0.2) is 50.6 Å². The van der Waals surface area contributed by atoms with E-state index in [4.69, 9.17) is 0 Å². The van der Waals surface area contributed by atoms with Gasteiger partial charge in [-0.15, -0.1) is 0 Å². The Labute approximate surface area is 118 Å². The van der Waals surface area contributed by atoms with Crippen LogP contribution in [0.5, 0.6) is 0 Å². The van der Waals surface area contributed by atoms with E-state index in [1.807, 2.05) is 0 Å². The minimum atomic E-state index is -5.68. The van der Waals surface area contributed by atoms with Crippen LogP contribution >= 0.6 is 18.5 Å². The normalized spacial score (nSPS) is 16.3. The maximum absolute atomic E-state index is 13.5. The van der Waals surface area contributed by atoms with Gasteiger partial charge in [-0.3, -0.25) is 0 Å². The van der Waals surface area contributed by atoms with Gasteiger partial charge in [0.05, 0.1) is 0 Å². The first-order valence-corrected chi connectivity index (χ1v) is 12.6. The van der Waals surface area contributed by atoms with Crippen LogP contribution in [0.25, 0.3) is 0 Å². The summed E-state index contributed by atoms with van der Waals surface area (Å²) in [6, 6.07) is 0. The Morgan fingerprint density at radius 1 is 0.947 bits per heavy atom. The summed E-state index contributed by atoms with van der Waals surface area (Å²) in [4.78, 5) is 0. The number of thioether (sulfide) groups is 1. The molecule has 5 nitrogen and oxygen atoms in total. The number of rotatable bonds is 8. The Balaban J connectivity index is 6.55. The zero-order chi connectivity index (χ0) is 15.6. The van der Waals surface area contributed by atoms with Crippen molar-refractivity contribution in [2.24, 2.45) is 0 Å². The van der Waals surface area contributed by atoms with Crippen molar-refractivity contribution < 1.29 is 24.6 Å². The summed E-state index contributed by atoms with van der Waals surface area (Å²) in [5.41, 5.74) is 0.0986. The fraction of sp³-hybridized carbons (Fsp3) is 1.00. The molecule has 11 heteroatoms. The molecule has 0 N–H and O–H groups in total. The summed E-state index contributed by atoms with van der Waals surface area (Å²) >= 11 is 1.20. The van der Waals surface area contributed by atoms with Gasteiger partial charge in [0.25, 0.3) is 0 Å². The van der Waals surface area contributed by atoms with E-state index < -0.39 is 31.1 Å². The number of halogens is 2. The quantitative estimate of drug-likeness (QED) is 0.492. The summed E-state index contributed by atoms with van der Waals surface area (Å²) in [6.45, 7) is 0.934. The molecule has 0 heterocycles. The molecule has 0 saturated heterocycles. The van der Waals surface area contributed by atoms with Crippen LogP contribution in [0.4, 0.5) is 7.77 Å². The predicted molar refractivity (Wildman–Crippen MR) is 78.8 cm³/mol. The van der Waals surface area contributed by atoms with Crippen molar-refractivity contribution in [1.29, 1.82) is 0 Å². The van der Waals surface area contributed by atoms with Crippen molar-refractivity contribution in [2.75, 3.05) is 30.2 Å². The molecule has 0 saturated carbocycles. The molecule has 0 aromatic heterocycles. The average molecular weight is 359 g/mol. The van der Waals surface area contributed by atoms with Crippen LogP contribution in [0.15, 0.2) is 0 Å². The van der Waals surface area contributed by atoms with Gasteiger partial charge in [0.15, 0.2) is 0 Å². The van der Waals surface area contributed by atoms with E-state index in [0.717, 1.165) is 0 Å². The molecule has 0 aliphatic carbocycles. The van der Waals surface area contributed by atoms with Gasteiger partial charge in [-0.1, -0.05) is 0 Å². The third kappa shape index (κ3) is 3.58. The zero-order valence-corrected chi connectivity index (χ0v) is 14.7. The molecular formula is C8H20F2NO4PS3. The summed E-state index contributed by atoms with van der Waals surface area (Å²) in [7, 11) is -11.4. The molecule has 0 aliphatic rings. The first kappa shape index (κ1) is 19.5. The van der Waals surface area contributed by atoms with Crippen molar-refractivity contribution in [2.45, 2.75) is 20.8 Å². The van der Waals surface area contributed by atoms with Gasteiger partial charge < -0.3 is 0 Å². The van der Waals surface area contributed by atoms with Gasteiger partial charge >= 0.3 is 118 Å². The van der Waals surface area contributed by atoms with Gasteiger partial charge in [-0.2, -0.15) is 0 Å². The van der Waals surface area contributed by atoms with Gasteiger partial charge in [0.2, 0.25) is 0 Å². The molecule has 118 valence electrons. The second kappa shape index (κ2) is 6.09. The van der Waals surface area contributed by atoms with E-state index in [-0.39, 0.29) is 24.0 Å². The molecule has 0 aliphatic heterocycles. The van der Waals surface area contributed by atoms with E-state index in [1.54, 1.807) is 27.0 Å². The van der Waals surface area contributed by atoms with Crippen LogP contribution in [0.1, 0.15) is 20.8 Å². The molecule has 0 aromatic carbocycles. The summed E-state index contributed by atoms with van der Waals surface area (Å²) in [6.07, 6.45) is 1.96. The molecule has 0 unspecified atom stereocenters. The Morgan fingerprint density at radius 3 is 1.42 bits per heavy atom. The van der Waals surface area contributed by atoms with Gasteiger partial charge in [-0.25, -0.2) is 0 Å². The topological polar surface area (TPSA) is 71.5 Å². The molecular weight excluding hydrogens is 339 g/mol. The third-order valence-corrected chi connectivity index (χ3v) is 19.0. The SMILES string of the molecule is CCP(CC)(CC)(CSC)N(S(=O)(=O)F)S(=O)(=O)F. The monoisotopic (exact) mass is 359 g/mol. The van der Waals surface area contributed by atoms with Crippen molar-refractivity contribution in [3.05, 3.63) is 0 Å². The number of hydrogen-bond acceptors (Lipinski definition) is 5. The second-order valence-corrected chi connectivity index (χ2v) is 15.2. The molecule has 0 atom stereocenters. The molecule has 0 amide bonds. The maximum atomic E-state index is 13.5. The van der Waals surface area contributed by atoms with E-state index >= 15 is 0 Å². The van der Waals surface area contributed by atoms with E-state index in [1.165, 1.54) is 11.8 Å². The fourth-order valence-electron chi connectivity index (χ4n) is 2.33. The van der Waals surface area contributed by atoms with Gasteiger partial charge in [-0.05, 0) is 0 Å². The van der Waals surface area contributed by atoms with Gasteiger partial charge in [0.1, 0.15) is 0 Å². The zero-order valence-electron chi connectivity index (χ0n) is 11.3. The summed E-state index contributed by atoms with van der Waals surface area (Å²) < 4.78 is 71.5. The molecule has 0 radical (unpaired) electrons. The molecule has 0 fully saturated rings. The molecule has 0 bridgehead atoms. The molecule has 0 spiro atoms. The van der Waals surface area contributed by atoms with Gasteiger partial charge in [0, 0.05) is 0 Å². The molecule has 0 aromatic rings. The summed E-state index contributed by atoms with van der Waals surface area (Å²) in [5.74, 6) is 0. The molecule has 0 rings (SSSR count). The fourth-order valence-corrected chi connectivity index (χ4v) is 17.8.